The van der Waals surface area contributed by atoms with Crippen molar-refractivity contribution in [3.8, 4) is 0 Å². The summed E-state index contributed by atoms with van der Waals surface area (Å²) in [5.74, 6) is 0.0472. The zero-order valence-corrected chi connectivity index (χ0v) is 16.1. The van der Waals surface area contributed by atoms with Crippen LogP contribution in [0.1, 0.15) is 57.9 Å². The number of hydrogen-bond acceptors (Lipinski definition) is 3. The SMILES string of the molecule is CCC[C@H](C)NC(=O)CCc1ccc(S(=O)(=O)N2CCCCC2)cc1. The largest absolute Gasteiger partial charge is 0.354 e. The third-order valence-electron chi connectivity index (χ3n) is 4.65. The van der Waals surface area contributed by atoms with E-state index in [0.29, 0.717) is 30.8 Å². The minimum atomic E-state index is -3.38. The van der Waals surface area contributed by atoms with Gasteiger partial charge in [-0.3, -0.25) is 4.79 Å². The molecule has 0 unspecified atom stereocenters. The highest BCUT2D eigenvalue weighted by molar-refractivity contribution is 7.89. The maximum Gasteiger partial charge on any atom is 0.243 e. The molecule has 1 fully saturated rings. The van der Waals surface area contributed by atoms with E-state index in [1.807, 2.05) is 19.1 Å². The third-order valence-corrected chi connectivity index (χ3v) is 6.56. The van der Waals surface area contributed by atoms with Crippen LogP contribution in [-0.4, -0.2) is 37.8 Å². The first-order valence-corrected chi connectivity index (χ1v) is 10.8. The summed E-state index contributed by atoms with van der Waals surface area (Å²) in [4.78, 5) is 12.3. The highest BCUT2D eigenvalue weighted by Gasteiger charge is 2.25. The Morgan fingerprint density at radius 3 is 2.40 bits per heavy atom. The maximum absolute atomic E-state index is 12.6. The minimum Gasteiger partial charge on any atom is -0.354 e. The number of hydrogen-bond donors (Lipinski definition) is 1. The normalized spacial score (nSPS) is 17.2. The van der Waals surface area contributed by atoms with Gasteiger partial charge in [0.1, 0.15) is 0 Å². The van der Waals surface area contributed by atoms with Crippen LogP contribution in [0, 0.1) is 0 Å². The van der Waals surface area contributed by atoms with Crippen LogP contribution >= 0.6 is 0 Å². The molecule has 0 radical (unpaired) electrons. The average Bonchev–Trinajstić information content (AvgIpc) is 2.61. The summed E-state index contributed by atoms with van der Waals surface area (Å²) < 4.78 is 26.8. The Labute approximate surface area is 151 Å². The molecule has 140 valence electrons. The smallest absolute Gasteiger partial charge is 0.243 e. The molecule has 1 aliphatic rings. The van der Waals surface area contributed by atoms with Gasteiger partial charge in [-0.1, -0.05) is 31.9 Å². The van der Waals surface area contributed by atoms with Crippen LogP contribution in [0.2, 0.25) is 0 Å². The topological polar surface area (TPSA) is 66.5 Å². The fraction of sp³-hybridized carbons (Fsp3) is 0.632. The van der Waals surface area contributed by atoms with E-state index in [4.69, 9.17) is 0 Å². The lowest BCUT2D eigenvalue weighted by Crippen LogP contribution is -2.35. The van der Waals surface area contributed by atoms with E-state index in [0.717, 1.165) is 37.7 Å². The molecule has 25 heavy (non-hydrogen) atoms. The first-order valence-electron chi connectivity index (χ1n) is 9.32. The Bertz CT molecular complexity index is 650. The van der Waals surface area contributed by atoms with Crippen LogP contribution in [0.3, 0.4) is 0 Å². The monoisotopic (exact) mass is 366 g/mol. The number of amides is 1. The molecule has 1 amide bonds. The molecule has 1 aliphatic heterocycles. The first-order chi connectivity index (χ1) is 11.9. The van der Waals surface area contributed by atoms with Crippen LogP contribution in [-0.2, 0) is 21.2 Å². The molecule has 1 aromatic rings. The molecule has 0 saturated carbocycles. The number of piperidine rings is 1. The van der Waals surface area contributed by atoms with Crippen LogP contribution in [0.5, 0.6) is 0 Å². The fourth-order valence-electron chi connectivity index (χ4n) is 3.19. The molecule has 2 rings (SSSR count). The van der Waals surface area contributed by atoms with Gasteiger partial charge in [0.2, 0.25) is 15.9 Å². The summed E-state index contributed by atoms with van der Waals surface area (Å²) in [6.07, 6.45) is 6.04. The Balaban J connectivity index is 1.90. The molecule has 1 saturated heterocycles. The highest BCUT2D eigenvalue weighted by atomic mass is 32.2. The van der Waals surface area contributed by atoms with Gasteiger partial charge in [-0.2, -0.15) is 4.31 Å². The number of sulfonamides is 1. The molecule has 0 bridgehead atoms. The standard InChI is InChI=1S/C19H30N2O3S/c1-3-7-16(2)20-19(22)13-10-17-8-11-18(12-9-17)25(23,24)21-14-5-4-6-15-21/h8-9,11-12,16H,3-7,10,13-15H2,1-2H3,(H,20,22)/t16-/m0/s1. The van der Waals surface area contributed by atoms with Crippen molar-refractivity contribution in [3.05, 3.63) is 29.8 Å². The summed E-state index contributed by atoms with van der Waals surface area (Å²) in [5, 5.41) is 2.99. The lowest BCUT2D eigenvalue weighted by molar-refractivity contribution is -0.121. The van der Waals surface area contributed by atoms with E-state index >= 15 is 0 Å². The van der Waals surface area contributed by atoms with Crippen molar-refractivity contribution < 1.29 is 13.2 Å². The molecule has 0 aliphatic carbocycles. The summed E-state index contributed by atoms with van der Waals surface area (Å²) in [7, 11) is -3.38. The number of carbonyl (C=O) groups excluding carboxylic acids is 1. The summed E-state index contributed by atoms with van der Waals surface area (Å²) in [5.41, 5.74) is 0.982. The number of benzene rings is 1. The van der Waals surface area contributed by atoms with Gasteiger partial charge in [0.15, 0.2) is 0 Å². The number of carbonyl (C=O) groups is 1. The van der Waals surface area contributed by atoms with Crippen molar-refractivity contribution in [2.24, 2.45) is 0 Å². The van der Waals surface area contributed by atoms with Crippen LogP contribution in [0.25, 0.3) is 0 Å². The van der Waals surface area contributed by atoms with E-state index in [-0.39, 0.29) is 11.9 Å². The Hall–Kier alpha value is -1.40. The van der Waals surface area contributed by atoms with Gasteiger partial charge in [-0.15, -0.1) is 0 Å². The molecular formula is C19H30N2O3S. The van der Waals surface area contributed by atoms with Gasteiger partial charge < -0.3 is 5.32 Å². The molecule has 1 atom stereocenters. The van der Waals surface area contributed by atoms with E-state index in [2.05, 4.69) is 12.2 Å². The van der Waals surface area contributed by atoms with Gasteiger partial charge in [-0.05, 0) is 50.3 Å². The molecule has 5 nitrogen and oxygen atoms in total. The molecular weight excluding hydrogens is 336 g/mol. The van der Waals surface area contributed by atoms with Gasteiger partial charge in [0.05, 0.1) is 4.90 Å². The van der Waals surface area contributed by atoms with Gasteiger partial charge in [-0.25, -0.2) is 8.42 Å². The number of nitrogens with zero attached hydrogens (tertiary/aromatic N) is 1. The molecule has 1 N–H and O–H groups in total. The van der Waals surface area contributed by atoms with Crippen molar-refractivity contribution in [1.29, 1.82) is 0 Å². The molecule has 6 heteroatoms. The molecule has 0 aromatic heterocycles. The van der Waals surface area contributed by atoms with Crippen molar-refractivity contribution >= 4 is 15.9 Å². The number of aryl methyl sites for hydroxylation is 1. The first kappa shape index (κ1) is 19.9. The van der Waals surface area contributed by atoms with Crippen LogP contribution in [0.15, 0.2) is 29.2 Å². The quantitative estimate of drug-likeness (QED) is 0.769. The van der Waals surface area contributed by atoms with Gasteiger partial charge >= 0.3 is 0 Å². The van der Waals surface area contributed by atoms with E-state index in [1.54, 1.807) is 16.4 Å². The van der Waals surface area contributed by atoms with Crippen LogP contribution < -0.4 is 5.32 Å². The minimum absolute atomic E-state index is 0.0472. The van der Waals surface area contributed by atoms with Gasteiger partial charge in [0.25, 0.3) is 0 Å². The predicted octanol–water partition coefficient (Wildman–Crippen LogP) is 3.10. The Morgan fingerprint density at radius 1 is 1.16 bits per heavy atom. The molecule has 1 aromatic carbocycles. The zero-order chi connectivity index (χ0) is 18.3. The maximum atomic E-state index is 12.6. The lowest BCUT2D eigenvalue weighted by Gasteiger charge is -2.25. The zero-order valence-electron chi connectivity index (χ0n) is 15.3. The van der Waals surface area contributed by atoms with Crippen molar-refractivity contribution in [1.82, 2.24) is 9.62 Å². The number of rotatable bonds is 8. The van der Waals surface area contributed by atoms with E-state index in [1.165, 1.54) is 0 Å². The summed E-state index contributed by atoms with van der Waals surface area (Å²) >= 11 is 0. The second kappa shape index (κ2) is 9.34. The van der Waals surface area contributed by atoms with Crippen molar-refractivity contribution in [2.75, 3.05) is 13.1 Å². The molecule has 0 spiro atoms. The van der Waals surface area contributed by atoms with Crippen LogP contribution in [0.4, 0.5) is 0 Å². The second-order valence-corrected chi connectivity index (χ2v) is 8.80. The predicted molar refractivity (Wildman–Crippen MR) is 99.9 cm³/mol. The number of nitrogens with one attached hydrogen (secondary N) is 1. The second-order valence-electron chi connectivity index (χ2n) is 6.87. The van der Waals surface area contributed by atoms with Gasteiger partial charge in [0, 0.05) is 25.6 Å². The van der Waals surface area contributed by atoms with E-state index < -0.39 is 10.0 Å². The average molecular weight is 367 g/mol. The Kier molecular flexibility index (Phi) is 7.44. The van der Waals surface area contributed by atoms with E-state index in [9.17, 15) is 13.2 Å². The lowest BCUT2D eigenvalue weighted by atomic mass is 10.1. The summed E-state index contributed by atoms with van der Waals surface area (Å²) in [6.45, 7) is 5.34. The Morgan fingerprint density at radius 2 is 1.80 bits per heavy atom. The third kappa shape index (κ3) is 5.82. The highest BCUT2D eigenvalue weighted by Crippen LogP contribution is 2.21. The van der Waals surface area contributed by atoms with Crippen molar-refractivity contribution in [3.63, 3.8) is 0 Å². The summed E-state index contributed by atoms with van der Waals surface area (Å²) in [6, 6.07) is 7.17. The fourth-order valence-corrected chi connectivity index (χ4v) is 4.71. The molecule has 1 heterocycles. The van der Waals surface area contributed by atoms with Crippen molar-refractivity contribution in [2.45, 2.75) is 69.7 Å².